The van der Waals surface area contributed by atoms with Gasteiger partial charge in [-0.15, -0.1) is 5.10 Å². The molecule has 27 heavy (non-hydrogen) atoms. The summed E-state index contributed by atoms with van der Waals surface area (Å²) in [5, 5.41) is 14.2. The van der Waals surface area contributed by atoms with Gasteiger partial charge in [0.2, 0.25) is 11.1 Å². The number of hydrogen-bond acceptors (Lipinski definition) is 6. The van der Waals surface area contributed by atoms with Gasteiger partial charge in [-0.05, 0) is 66.7 Å². The Morgan fingerprint density at radius 1 is 1.30 bits per heavy atom. The van der Waals surface area contributed by atoms with Crippen LogP contribution in [0.25, 0.3) is 5.69 Å². The molecule has 0 saturated heterocycles. The summed E-state index contributed by atoms with van der Waals surface area (Å²) in [6.07, 6.45) is 0. The minimum absolute atomic E-state index is 0.196. The normalized spacial score (nSPS) is 11.8. The average Bonchev–Trinajstić information content (AvgIpc) is 3.11. The molecule has 0 aliphatic carbocycles. The zero-order valence-corrected chi connectivity index (χ0v) is 15.6. The summed E-state index contributed by atoms with van der Waals surface area (Å²) < 4.78 is 20.2. The minimum Gasteiger partial charge on any atom is -0.494 e. The van der Waals surface area contributed by atoms with E-state index in [0.29, 0.717) is 23.1 Å². The van der Waals surface area contributed by atoms with E-state index in [9.17, 15) is 9.18 Å². The van der Waals surface area contributed by atoms with E-state index < -0.39 is 5.25 Å². The predicted octanol–water partition coefficient (Wildman–Crippen LogP) is 3.32. The molecule has 140 valence electrons. The van der Waals surface area contributed by atoms with Gasteiger partial charge in [0, 0.05) is 5.69 Å². The van der Waals surface area contributed by atoms with Crippen LogP contribution in [0.4, 0.5) is 10.1 Å². The third kappa shape index (κ3) is 4.82. The van der Waals surface area contributed by atoms with Crippen molar-refractivity contribution in [3.63, 3.8) is 0 Å². The predicted molar refractivity (Wildman–Crippen MR) is 101 cm³/mol. The zero-order valence-electron chi connectivity index (χ0n) is 14.8. The van der Waals surface area contributed by atoms with Crippen molar-refractivity contribution in [2.45, 2.75) is 24.3 Å². The summed E-state index contributed by atoms with van der Waals surface area (Å²) in [6, 6.07) is 13.1. The number of amides is 1. The van der Waals surface area contributed by atoms with E-state index in [0.717, 1.165) is 5.75 Å². The molecule has 9 heteroatoms. The number of anilines is 1. The van der Waals surface area contributed by atoms with Gasteiger partial charge in [-0.3, -0.25) is 4.79 Å². The lowest BCUT2D eigenvalue weighted by Crippen LogP contribution is -2.22. The summed E-state index contributed by atoms with van der Waals surface area (Å²) in [7, 11) is 0. The Kier molecular flexibility index (Phi) is 6.02. The van der Waals surface area contributed by atoms with Crippen LogP contribution in [0, 0.1) is 5.82 Å². The highest BCUT2D eigenvalue weighted by Crippen LogP contribution is 2.24. The molecule has 0 fully saturated rings. The van der Waals surface area contributed by atoms with Crippen LogP contribution >= 0.6 is 11.8 Å². The summed E-state index contributed by atoms with van der Waals surface area (Å²) in [6.45, 7) is 4.24. The standard InChI is InChI=1S/C18H18FN5O2S/c1-3-26-16-9-7-14(8-10-16)20-17(25)12(2)27-18-21-22-23-24(18)15-6-4-5-13(19)11-15/h4-12H,3H2,1-2H3,(H,20,25). The van der Waals surface area contributed by atoms with Crippen molar-refractivity contribution in [2.24, 2.45) is 0 Å². The Labute approximate surface area is 159 Å². The maximum atomic E-state index is 13.4. The lowest BCUT2D eigenvalue weighted by Gasteiger charge is -2.12. The van der Waals surface area contributed by atoms with Gasteiger partial charge in [-0.25, -0.2) is 4.39 Å². The third-order valence-corrected chi connectivity index (χ3v) is 4.61. The molecule has 0 radical (unpaired) electrons. The van der Waals surface area contributed by atoms with Crippen molar-refractivity contribution in [1.29, 1.82) is 0 Å². The average molecular weight is 387 g/mol. The van der Waals surface area contributed by atoms with E-state index >= 15 is 0 Å². The quantitative estimate of drug-likeness (QED) is 0.627. The van der Waals surface area contributed by atoms with Crippen LogP contribution in [0.15, 0.2) is 53.7 Å². The second-order valence-electron chi connectivity index (χ2n) is 5.56. The minimum atomic E-state index is -0.463. The smallest absolute Gasteiger partial charge is 0.237 e. The van der Waals surface area contributed by atoms with Crippen LogP contribution < -0.4 is 10.1 Å². The van der Waals surface area contributed by atoms with Crippen LogP contribution in [0.3, 0.4) is 0 Å². The van der Waals surface area contributed by atoms with Crippen LogP contribution in [0.5, 0.6) is 5.75 Å². The maximum Gasteiger partial charge on any atom is 0.237 e. The van der Waals surface area contributed by atoms with Gasteiger partial charge < -0.3 is 10.1 Å². The number of tetrazole rings is 1. The molecule has 1 atom stereocenters. The van der Waals surface area contributed by atoms with Crippen molar-refractivity contribution < 1.29 is 13.9 Å². The highest BCUT2D eigenvalue weighted by Gasteiger charge is 2.19. The van der Waals surface area contributed by atoms with Gasteiger partial charge in [0.15, 0.2) is 0 Å². The van der Waals surface area contributed by atoms with Crippen LogP contribution in [0.2, 0.25) is 0 Å². The SMILES string of the molecule is CCOc1ccc(NC(=O)C(C)Sc2nnnn2-c2cccc(F)c2)cc1. The molecule has 2 aromatic carbocycles. The van der Waals surface area contributed by atoms with Crippen molar-refractivity contribution in [3.05, 3.63) is 54.3 Å². The number of rotatable bonds is 7. The molecule has 1 N–H and O–H groups in total. The second kappa shape index (κ2) is 8.63. The van der Waals surface area contributed by atoms with E-state index in [1.165, 1.54) is 28.6 Å². The van der Waals surface area contributed by atoms with E-state index in [1.807, 2.05) is 6.92 Å². The fourth-order valence-corrected chi connectivity index (χ4v) is 3.09. The van der Waals surface area contributed by atoms with Gasteiger partial charge in [-0.1, -0.05) is 17.8 Å². The molecule has 0 saturated carbocycles. The Balaban J connectivity index is 1.66. The first-order valence-electron chi connectivity index (χ1n) is 8.31. The van der Waals surface area contributed by atoms with Gasteiger partial charge in [-0.2, -0.15) is 4.68 Å². The van der Waals surface area contributed by atoms with Crippen LogP contribution in [0.1, 0.15) is 13.8 Å². The number of ether oxygens (including phenoxy) is 1. The number of benzene rings is 2. The lowest BCUT2D eigenvalue weighted by atomic mass is 10.3. The Morgan fingerprint density at radius 3 is 2.78 bits per heavy atom. The molecular weight excluding hydrogens is 369 g/mol. The highest BCUT2D eigenvalue weighted by atomic mass is 32.2. The molecule has 0 aliphatic rings. The van der Waals surface area contributed by atoms with Gasteiger partial charge in [0.25, 0.3) is 0 Å². The van der Waals surface area contributed by atoms with Gasteiger partial charge in [0.1, 0.15) is 11.6 Å². The Hall–Kier alpha value is -2.94. The molecule has 0 bridgehead atoms. The summed E-state index contributed by atoms with van der Waals surface area (Å²) in [5.41, 5.74) is 1.15. The summed E-state index contributed by atoms with van der Waals surface area (Å²) in [4.78, 5) is 12.5. The zero-order chi connectivity index (χ0) is 19.2. The number of halogens is 1. The largest absolute Gasteiger partial charge is 0.494 e. The summed E-state index contributed by atoms with van der Waals surface area (Å²) >= 11 is 1.18. The van der Waals surface area contributed by atoms with Crippen molar-refractivity contribution in [3.8, 4) is 11.4 Å². The number of aromatic nitrogens is 4. The topological polar surface area (TPSA) is 81.9 Å². The maximum absolute atomic E-state index is 13.4. The Bertz CT molecular complexity index is 916. The fraction of sp³-hybridized carbons (Fsp3) is 0.222. The fourth-order valence-electron chi connectivity index (χ4n) is 2.28. The molecule has 1 amide bonds. The first kappa shape index (κ1) is 18.8. The molecule has 3 aromatic rings. The van der Waals surface area contributed by atoms with E-state index in [2.05, 4.69) is 20.8 Å². The van der Waals surface area contributed by atoms with Gasteiger partial charge in [0.05, 0.1) is 17.5 Å². The number of nitrogens with zero attached hydrogens (tertiary/aromatic N) is 4. The second-order valence-corrected chi connectivity index (χ2v) is 6.87. The first-order valence-corrected chi connectivity index (χ1v) is 9.19. The number of thioether (sulfide) groups is 1. The van der Waals surface area contributed by atoms with Crippen LogP contribution in [-0.2, 0) is 4.79 Å². The first-order chi connectivity index (χ1) is 13.1. The Morgan fingerprint density at radius 2 is 2.07 bits per heavy atom. The van der Waals surface area contributed by atoms with Crippen molar-refractivity contribution in [2.75, 3.05) is 11.9 Å². The lowest BCUT2D eigenvalue weighted by molar-refractivity contribution is -0.115. The van der Waals surface area contributed by atoms with Crippen molar-refractivity contribution >= 4 is 23.4 Å². The molecular formula is C18H18FN5O2S. The van der Waals surface area contributed by atoms with E-state index in [4.69, 9.17) is 4.74 Å². The molecule has 0 aliphatic heterocycles. The number of carbonyl (C=O) groups excluding carboxylic acids is 1. The molecule has 1 aromatic heterocycles. The molecule has 1 heterocycles. The van der Waals surface area contributed by atoms with E-state index in [-0.39, 0.29) is 11.7 Å². The number of nitrogens with one attached hydrogen (secondary N) is 1. The molecule has 0 spiro atoms. The summed E-state index contributed by atoms with van der Waals surface area (Å²) in [5.74, 6) is 0.158. The van der Waals surface area contributed by atoms with Crippen molar-refractivity contribution in [1.82, 2.24) is 20.2 Å². The number of hydrogen-bond donors (Lipinski definition) is 1. The number of carbonyl (C=O) groups is 1. The highest BCUT2D eigenvalue weighted by molar-refractivity contribution is 8.00. The molecule has 3 rings (SSSR count). The molecule has 1 unspecified atom stereocenters. The third-order valence-electron chi connectivity index (χ3n) is 3.58. The van der Waals surface area contributed by atoms with E-state index in [1.54, 1.807) is 43.3 Å². The van der Waals surface area contributed by atoms with Crippen LogP contribution in [-0.4, -0.2) is 38.0 Å². The van der Waals surface area contributed by atoms with Gasteiger partial charge >= 0.3 is 0 Å². The monoisotopic (exact) mass is 387 g/mol. The molecule has 7 nitrogen and oxygen atoms in total.